The zero-order chi connectivity index (χ0) is 12.4. The average molecular weight is 229 g/mol. The third-order valence-corrected chi connectivity index (χ3v) is 2.84. The molecule has 3 nitrogen and oxygen atoms in total. The van der Waals surface area contributed by atoms with Gasteiger partial charge in [-0.3, -0.25) is 0 Å². The van der Waals surface area contributed by atoms with Gasteiger partial charge in [-0.05, 0) is 29.0 Å². The number of methoxy groups -OCH3 is 1. The third kappa shape index (κ3) is 2.13. The molecule has 17 heavy (non-hydrogen) atoms. The van der Waals surface area contributed by atoms with Crippen molar-refractivity contribution in [3.63, 3.8) is 0 Å². The van der Waals surface area contributed by atoms with Crippen LogP contribution in [0.4, 0.5) is 0 Å². The van der Waals surface area contributed by atoms with E-state index in [2.05, 4.69) is 24.9 Å². The lowest BCUT2D eigenvalue weighted by atomic mass is 9.99. The van der Waals surface area contributed by atoms with E-state index in [1.165, 1.54) is 12.7 Å². The molecular weight excluding hydrogens is 214 g/mol. The van der Waals surface area contributed by atoms with Gasteiger partial charge in [-0.2, -0.15) is 0 Å². The molecule has 0 radical (unpaired) electrons. The summed E-state index contributed by atoms with van der Waals surface area (Å²) in [6.07, 6.45) is 1.63. The highest BCUT2D eigenvalue weighted by Gasteiger charge is 2.12. The number of ether oxygens (including phenoxy) is 1. The SMILES string of the molecule is COC(=O)c1nccc2ccc(C(C)C)cc12. The summed E-state index contributed by atoms with van der Waals surface area (Å²) in [5.74, 6) is 0.0293. The fourth-order valence-corrected chi connectivity index (χ4v) is 1.80. The second-order valence-electron chi connectivity index (χ2n) is 4.29. The summed E-state index contributed by atoms with van der Waals surface area (Å²) in [5, 5.41) is 1.86. The molecule has 0 N–H and O–H groups in total. The van der Waals surface area contributed by atoms with Crippen LogP contribution in [0.1, 0.15) is 35.8 Å². The minimum absolute atomic E-state index is 0.382. The molecule has 1 aromatic carbocycles. The lowest BCUT2D eigenvalue weighted by Gasteiger charge is -2.08. The minimum Gasteiger partial charge on any atom is -0.464 e. The molecule has 2 rings (SSSR count). The van der Waals surface area contributed by atoms with Crippen LogP contribution < -0.4 is 0 Å². The fourth-order valence-electron chi connectivity index (χ4n) is 1.80. The Bertz CT molecular complexity index is 561. The molecule has 1 aromatic heterocycles. The van der Waals surface area contributed by atoms with E-state index in [4.69, 9.17) is 4.74 Å². The number of esters is 1. The van der Waals surface area contributed by atoms with E-state index in [1.54, 1.807) is 6.20 Å². The van der Waals surface area contributed by atoms with Gasteiger partial charge in [0.15, 0.2) is 5.69 Å². The maximum absolute atomic E-state index is 11.6. The Hall–Kier alpha value is -1.90. The van der Waals surface area contributed by atoms with Crippen molar-refractivity contribution in [3.05, 3.63) is 41.7 Å². The normalized spacial score (nSPS) is 10.8. The second-order valence-corrected chi connectivity index (χ2v) is 4.29. The Labute approximate surface area is 100 Å². The van der Waals surface area contributed by atoms with Gasteiger partial charge in [-0.15, -0.1) is 0 Å². The molecule has 0 atom stereocenters. The topological polar surface area (TPSA) is 39.2 Å². The van der Waals surface area contributed by atoms with Crippen molar-refractivity contribution in [3.8, 4) is 0 Å². The van der Waals surface area contributed by atoms with Gasteiger partial charge in [0.1, 0.15) is 0 Å². The minimum atomic E-state index is -0.392. The number of hydrogen-bond acceptors (Lipinski definition) is 3. The van der Waals surface area contributed by atoms with Crippen LogP contribution >= 0.6 is 0 Å². The first kappa shape index (κ1) is 11.6. The summed E-state index contributed by atoms with van der Waals surface area (Å²) < 4.78 is 4.74. The third-order valence-electron chi connectivity index (χ3n) is 2.84. The van der Waals surface area contributed by atoms with Gasteiger partial charge >= 0.3 is 5.97 Å². The molecule has 0 saturated heterocycles. The van der Waals surface area contributed by atoms with Crippen LogP contribution in [0.15, 0.2) is 30.5 Å². The average Bonchev–Trinajstić information content (AvgIpc) is 2.36. The predicted molar refractivity (Wildman–Crippen MR) is 67.2 cm³/mol. The summed E-state index contributed by atoms with van der Waals surface area (Å²) in [6.45, 7) is 4.24. The monoisotopic (exact) mass is 229 g/mol. The van der Waals surface area contributed by atoms with Gasteiger partial charge in [0.2, 0.25) is 0 Å². The Balaban J connectivity index is 2.68. The number of carbonyl (C=O) groups is 1. The maximum atomic E-state index is 11.6. The van der Waals surface area contributed by atoms with Gasteiger partial charge in [0, 0.05) is 11.6 Å². The first-order valence-corrected chi connectivity index (χ1v) is 5.60. The van der Waals surface area contributed by atoms with Gasteiger partial charge in [0.05, 0.1) is 7.11 Å². The molecule has 88 valence electrons. The van der Waals surface area contributed by atoms with E-state index < -0.39 is 5.97 Å². The summed E-state index contributed by atoms with van der Waals surface area (Å²) in [4.78, 5) is 15.7. The molecule has 0 spiro atoms. The number of aromatic nitrogens is 1. The number of carbonyl (C=O) groups excluding carboxylic acids is 1. The highest BCUT2D eigenvalue weighted by atomic mass is 16.5. The molecule has 1 heterocycles. The van der Waals surface area contributed by atoms with Crippen molar-refractivity contribution in [2.45, 2.75) is 19.8 Å². The van der Waals surface area contributed by atoms with Crippen molar-refractivity contribution in [1.82, 2.24) is 4.98 Å². The first-order valence-electron chi connectivity index (χ1n) is 5.60. The quantitative estimate of drug-likeness (QED) is 0.742. The lowest BCUT2D eigenvalue weighted by molar-refractivity contribution is 0.0596. The zero-order valence-electron chi connectivity index (χ0n) is 10.2. The zero-order valence-corrected chi connectivity index (χ0v) is 10.2. The van der Waals surface area contributed by atoms with Crippen LogP contribution in [0, 0.1) is 0 Å². The first-order chi connectivity index (χ1) is 8.13. The van der Waals surface area contributed by atoms with Crippen LogP contribution in [-0.2, 0) is 4.74 Å². The Morgan fingerprint density at radius 2 is 2.06 bits per heavy atom. The molecule has 0 amide bonds. The molecule has 0 fully saturated rings. The van der Waals surface area contributed by atoms with E-state index in [1.807, 2.05) is 18.2 Å². The number of pyridine rings is 1. The number of hydrogen-bond donors (Lipinski definition) is 0. The van der Waals surface area contributed by atoms with E-state index in [9.17, 15) is 4.79 Å². The second kappa shape index (κ2) is 4.53. The Morgan fingerprint density at radius 3 is 2.71 bits per heavy atom. The van der Waals surface area contributed by atoms with E-state index in [-0.39, 0.29) is 0 Å². The van der Waals surface area contributed by atoms with Gasteiger partial charge in [0.25, 0.3) is 0 Å². The predicted octanol–water partition coefficient (Wildman–Crippen LogP) is 3.14. The van der Waals surface area contributed by atoms with Gasteiger partial charge < -0.3 is 4.74 Å². The van der Waals surface area contributed by atoms with Crippen LogP contribution in [0.2, 0.25) is 0 Å². The van der Waals surface area contributed by atoms with Crippen LogP contribution in [-0.4, -0.2) is 18.1 Å². The van der Waals surface area contributed by atoms with Crippen molar-refractivity contribution in [2.24, 2.45) is 0 Å². The van der Waals surface area contributed by atoms with Crippen LogP contribution in [0.3, 0.4) is 0 Å². The maximum Gasteiger partial charge on any atom is 0.357 e. The summed E-state index contributed by atoms with van der Waals surface area (Å²) >= 11 is 0. The van der Waals surface area contributed by atoms with Crippen LogP contribution in [0.25, 0.3) is 10.8 Å². The molecule has 0 saturated carbocycles. The molecule has 0 aliphatic carbocycles. The van der Waals surface area contributed by atoms with Gasteiger partial charge in [-0.1, -0.05) is 26.0 Å². The van der Waals surface area contributed by atoms with Crippen molar-refractivity contribution >= 4 is 16.7 Å². The Kier molecular flexibility index (Phi) is 3.09. The van der Waals surface area contributed by atoms with Gasteiger partial charge in [-0.25, -0.2) is 9.78 Å². The number of fused-ring (bicyclic) bond motifs is 1. The Morgan fingerprint density at radius 1 is 1.29 bits per heavy atom. The van der Waals surface area contributed by atoms with E-state index >= 15 is 0 Å². The van der Waals surface area contributed by atoms with Crippen molar-refractivity contribution < 1.29 is 9.53 Å². The lowest BCUT2D eigenvalue weighted by Crippen LogP contribution is -2.05. The number of nitrogens with zero attached hydrogens (tertiary/aromatic N) is 1. The fraction of sp³-hybridized carbons (Fsp3) is 0.286. The summed E-state index contributed by atoms with van der Waals surface area (Å²) in [5.41, 5.74) is 1.57. The molecule has 3 heteroatoms. The molecule has 0 aliphatic rings. The smallest absolute Gasteiger partial charge is 0.357 e. The summed E-state index contributed by atoms with van der Waals surface area (Å²) in [6, 6.07) is 8.00. The molecule has 0 bridgehead atoms. The number of rotatable bonds is 2. The van der Waals surface area contributed by atoms with E-state index in [0.29, 0.717) is 11.6 Å². The largest absolute Gasteiger partial charge is 0.464 e. The standard InChI is InChI=1S/C14H15NO2/c1-9(2)11-5-4-10-6-7-15-13(12(10)8-11)14(16)17-3/h4-9H,1-3H3. The molecule has 0 aliphatic heterocycles. The molecule has 2 aromatic rings. The van der Waals surface area contributed by atoms with Crippen molar-refractivity contribution in [1.29, 1.82) is 0 Å². The highest BCUT2D eigenvalue weighted by Crippen LogP contribution is 2.23. The van der Waals surface area contributed by atoms with E-state index in [0.717, 1.165) is 10.8 Å². The molecule has 0 unspecified atom stereocenters. The number of benzene rings is 1. The van der Waals surface area contributed by atoms with Crippen LogP contribution in [0.5, 0.6) is 0 Å². The summed E-state index contributed by atoms with van der Waals surface area (Å²) in [7, 11) is 1.37. The highest BCUT2D eigenvalue weighted by molar-refractivity contribution is 6.02. The molecular formula is C14H15NO2. The van der Waals surface area contributed by atoms with Crippen molar-refractivity contribution in [2.75, 3.05) is 7.11 Å².